The lowest BCUT2D eigenvalue weighted by Crippen LogP contribution is -2.14. The Labute approximate surface area is 103 Å². The summed E-state index contributed by atoms with van der Waals surface area (Å²) < 4.78 is 0. The summed E-state index contributed by atoms with van der Waals surface area (Å²) in [5.74, 6) is 0.166. The Morgan fingerprint density at radius 1 is 1.47 bits per heavy atom. The summed E-state index contributed by atoms with van der Waals surface area (Å²) in [6.45, 7) is 1.87. The van der Waals surface area contributed by atoms with Gasteiger partial charge in [0.15, 0.2) is 0 Å². The highest BCUT2D eigenvalue weighted by atomic mass is 32.2. The zero-order chi connectivity index (χ0) is 12.3. The summed E-state index contributed by atoms with van der Waals surface area (Å²) in [7, 11) is 0. The number of carbonyl (C=O) groups is 1. The molecule has 0 saturated heterocycles. The second-order valence-electron chi connectivity index (χ2n) is 3.43. The Hall–Kier alpha value is -1.82. The molecule has 0 radical (unpaired) electrons. The van der Waals surface area contributed by atoms with Crippen LogP contribution in [0.4, 0.5) is 5.95 Å². The third kappa shape index (κ3) is 2.85. The van der Waals surface area contributed by atoms with E-state index in [0.29, 0.717) is 11.6 Å². The van der Waals surface area contributed by atoms with E-state index in [1.165, 1.54) is 11.8 Å². The molecule has 2 aromatic rings. The molecule has 2 aromatic heterocycles. The molecular weight excluding hydrogens is 236 g/mol. The average Bonchev–Trinajstić information content (AvgIpc) is 2.75. The summed E-state index contributed by atoms with van der Waals surface area (Å²) in [6.07, 6.45) is 3.57. The van der Waals surface area contributed by atoms with E-state index >= 15 is 0 Å². The van der Waals surface area contributed by atoms with Crippen molar-refractivity contribution < 1.29 is 4.79 Å². The van der Waals surface area contributed by atoms with Gasteiger partial charge in [-0.25, -0.2) is 9.97 Å². The van der Waals surface area contributed by atoms with Crippen LogP contribution < -0.4 is 5.32 Å². The third-order valence-electron chi connectivity index (χ3n) is 2.10. The molecule has 2 heterocycles. The molecule has 2 N–H and O–H groups in total. The first-order valence-electron chi connectivity index (χ1n) is 5.03. The van der Waals surface area contributed by atoms with E-state index in [9.17, 15) is 4.79 Å². The van der Waals surface area contributed by atoms with Crippen LogP contribution in [0.3, 0.4) is 0 Å². The Bertz CT molecular complexity index is 538. The number of aromatic nitrogens is 3. The molecule has 0 atom stereocenters. The molecule has 0 aliphatic carbocycles. The number of hydrogen-bond donors (Lipinski definition) is 2. The van der Waals surface area contributed by atoms with E-state index in [2.05, 4.69) is 20.3 Å². The fourth-order valence-corrected chi connectivity index (χ4v) is 1.71. The molecule has 88 valence electrons. The number of thioether (sulfide) groups is 1. The molecule has 1 amide bonds. The largest absolute Gasteiger partial charge is 0.328 e. The number of aryl methyl sites for hydroxylation is 1. The molecular formula is C11H12N4OS. The molecule has 17 heavy (non-hydrogen) atoms. The number of nitrogens with one attached hydrogen (secondary N) is 2. The Morgan fingerprint density at radius 3 is 2.94 bits per heavy atom. The number of imidazole rings is 1. The molecule has 0 fully saturated rings. The number of rotatable bonds is 3. The van der Waals surface area contributed by atoms with Gasteiger partial charge in [-0.3, -0.25) is 10.1 Å². The van der Waals surface area contributed by atoms with Crippen molar-refractivity contribution in [2.24, 2.45) is 0 Å². The van der Waals surface area contributed by atoms with Crippen LogP contribution in [0.2, 0.25) is 0 Å². The highest BCUT2D eigenvalue weighted by Gasteiger charge is 2.09. The second kappa shape index (κ2) is 5.01. The zero-order valence-electron chi connectivity index (χ0n) is 9.52. The van der Waals surface area contributed by atoms with Crippen LogP contribution in [0.15, 0.2) is 29.4 Å². The average molecular weight is 248 g/mol. The topological polar surface area (TPSA) is 70.7 Å². The zero-order valence-corrected chi connectivity index (χ0v) is 10.3. The number of carbonyl (C=O) groups excluding carboxylic acids is 1. The van der Waals surface area contributed by atoms with E-state index in [1.54, 1.807) is 18.3 Å². The second-order valence-corrected chi connectivity index (χ2v) is 4.26. The van der Waals surface area contributed by atoms with Gasteiger partial charge in [0.05, 0.1) is 5.03 Å². The summed E-state index contributed by atoms with van der Waals surface area (Å²) in [5, 5.41) is 3.47. The summed E-state index contributed by atoms with van der Waals surface area (Å²) in [4.78, 5) is 23.0. The van der Waals surface area contributed by atoms with Gasteiger partial charge in [-0.1, -0.05) is 6.07 Å². The van der Waals surface area contributed by atoms with Crippen molar-refractivity contribution in [2.45, 2.75) is 11.9 Å². The molecule has 0 spiro atoms. The minimum Gasteiger partial charge on any atom is -0.328 e. The highest BCUT2D eigenvalue weighted by molar-refractivity contribution is 7.98. The van der Waals surface area contributed by atoms with E-state index in [4.69, 9.17) is 0 Å². The first-order chi connectivity index (χ1) is 8.19. The molecule has 2 rings (SSSR count). The Balaban J connectivity index is 2.14. The normalized spacial score (nSPS) is 10.2. The fourth-order valence-electron chi connectivity index (χ4n) is 1.30. The summed E-state index contributed by atoms with van der Waals surface area (Å²) in [6, 6.07) is 5.34. The molecule has 0 unspecified atom stereocenters. The van der Waals surface area contributed by atoms with Gasteiger partial charge in [0, 0.05) is 11.9 Å². The van der Waals surface area contributed by atoms with Gasteiger partial charge < -0.3 is 4.98 Å². The van der Waals surface area contributed by atoms with Crippen molar-refractivity contribution in [2.75, 3.05) is 11.6 Å². The minimum absolute atomic E-state index is 0.268. The van der Waals surface area contributed by atoms with Crippen LogP contribution in [0.5, 0.6) is 0 Å². The van der Waals surface area contributed by atoms with Gasteiger partial charge in [-0.15, -0.1) is 11.8 Å². The van der Waals surface area contributed by atoms with Crippen LogP contribution >= 0.6 is 11.8 Å². The van der Waals surface area contributed by atoms with Crippen LogP contribution in [-0.2, 0) is 0 Å². The standard InChI is InChI=1S/C11H12N4OS/c1-7-6-12-11(13-7)15-10(16)8-4-3-5-9(14-8)17-2/h3-6H,1-2H3,(H2,12,13,15,16). The van der Waals surface area contributed by atoms with Gasteiger partial charge in [-0.05, 0) is 25.3 Å². The van der Waals surface area contributed by atoms with Crippen molar-refractivity contribution in [1.82, 2.24) is 15.0 Å². The molecule has 0 aliphatic rings. The number of hydrogen-bond acceptors (Lipinski definition) is 4. The van der Waals surface area contributed by atoms with Crippen molar-refractivity contribution in [3.05, 3.63) is 35.8 Å². The van der Waals surface area contributed by atoms with E-state index in [1.807, 2.05) is 19.2 Å². The molecule has 0 bridgehead atoms. The number of anilines is 1. The maximum absolute atomic E-state index is 11.8. The van der Waals surface area contributed by atoms with E-state index < -0.39 is 0 Å². The number of nitrogens with zero attached hydrogens (tertiary/aromatic N) is 2. The molecule has 0 saturated carbocycles. The van der Waals surface area contributed by atoms with Crippen molar-refractivity contribution in [3.63, 3.8) is 0 Å². The number of pyridine rings is 1. The van der Waals surface area contributed by atoms with Crippen molar-refractivity contribution in [1.29, 1.82) is 0 Å². The SMILES string of the molecule is CSc1cccc(C(=O)Nc2ncc(C)[nH]2)n1. The third-order valence-corrected chi connectivity index (χ3v) is 2.75. The lowest BCUT2D eigenvalue weighted by molar-refractivity contribution is 0.102. The maximum atomic E-state index is 11.8. The lowest BCUT2D eigenvalue weighted by Gasteiger charge is -2.02. The van der Waals surface area contributed by atoms with Crippen molar-refractivity contribution in [3.8, 4) is 0 Å². The van der Waals surface area contributed by atoms with E-state index in [0.717, 1.165) is 10.7 Å². The first-order valence-corrected chi connectivity index (χ1v) is 6.25. The smallest absolute Gasteiger partial charge is 0.276 e. The van der Waals surface area contributed by atoms with E-state index in [-0.39, 0.29) is 5.91 Å². The minimum atomic E-state index is -0.268. The predicted molar refractivity (Wildman–Crippen MR) is 67.3 cm³/mol. The van der Waals surface area contributed by atoms with Crippen LogP contribution in [0, 0.1) is 6.92 Å². The van der Waals surface area contributed by atoms with Crippen LogP contribution in [-0.4, -0.2) is 27.1 Å². The van der Waals surface area contributed by atoms with Crippen LogP contribution in [0.1, 0.15) is 16.2 Å². The fraction of sp³-hybridized carbons (Fsp3) is 0.182. The molecule has 0 aromatic carbocycles. The van der Waals surface area contributed by atoms with Gasteiger partial charge in [0.2, 0.25) is 5.95 Å². The molecule has 0 aliphatic heterocycles. The van der Waals surface area contributed by atoms with Gasteiger partial charge in [0.25, 0.3) is 5.91 Å². The van der Waals surface area contributed by atoms with Crippen LogP contribution in [0.25, 0.3) is 0 Å². The van der Waals surface area contributed by atoms with Gasteiger partial charge in [-0.2, -0.15) is 0 Å². The Morgan fingerprint density at radius 2 is 2.29 bits per heavy atom. The van der Waals surface area contributed by atoms with Crippen molar-refractivity contribution >= 4 is 23.6 Å². The summed E-state index contributed by atoms with van der Waals surface area (Å²) in [5.41, 5.74) is 1.28. The number of H-pyrrole nitrogens is 1. The molecule has 5 nitrogen and oxygen atoms in total. The first kappa shape index (κ1) is 11.7. The number of aromatic amines is 1. The molecule has 6 heteroatoms. The highest BCUT2D eigenvalue weighted by Crippen LogP contribution is 2.12. The Kier molecular flexibility index (Phi) is 3.43. The van der Waals surface area contributed by atoms with Gasteiger partial charge in [0.1, 0.15) is 5.69 Å². The quantitative estimate of drug-likeness (QED) is 0.816. The monoisotopic (exact) mass is 248 g/mol. The maximum Gasteiger partial charge on any atom is 0.276 e. The lowest BCUT2D eigenvalue weighted by atomic mass is 10.3. The predicted octanol–water partition coefficient (Wildman–Crippen LogP) is 2.09. The number of amides is 1. The summed E-state index contributed by atoms with van der Waals surface area (Å²) >= 11 is 1.50. The van der Waals surface area contributed by atoms with Gasteiger partial charge >= 0.3 is 0 Å².